The second kappa shape index (κ2) is 7.33. The molecule has 0 bridgehead atoms. The van der Waals surface area contributed by atoms with E-state index >= 15 is 0 Å². The number of anilines is 1. The number of halogens is 1. The van der Waals surface area contributed by atoms with Crippen LogP contribution in [-0.2, 0) is 0 Å². The first-order valence-corrected chi connectivity index (χ1v) is 7.42. The maximum absolute atomic E-state index is 5.91. The van der Waals surface area contributed by atoms with Crippen LogP contribution in [0.1, 0.15) is 11.6 Å². The normalized spacial score (nSPS) is 11.8. The minimum atomic E-state index is -0.0106. The third-order valence-corrected chi connectivity index (χ3v) is 3.87. The van der Waals surface area contributed by atoms with E-state index in [1.165, 1.54) is 0 Å². The molecule has 3 N–H and O–H groups in total. The maximum Gasteiger partial charge on any atom is 0.141 e. The molecule has 2 aromatic rings. The number of nitrogens with one attached hydrogen (secondary N) is 1. The highest BCUT2D eigenvalue weighted by Gasteiger charge is 2.13. The molecule has 1 unspecified atom stereocenters. The van der Waals surface area contributed by atoms with E-state index < -0.39 is 0 Å². The summed E-state index contributed by atoms with van der Waals surface area (Å²) < 4.78 is 11.5. The molecule has 0 saturated carbocycles. The number of ether oxygens (including phenoxy) is 2. The third kappa shape index (κ3) is 3.68. The van der Waals surface area contributed by atoms with Gasteiger partial charge < -0.3 is 20.5 Å². The summed E-state index contributed by atoms with van der Waals surface area (Å²) in [6.07, 6.45) is 0. The van der Waals surface area contributed by atoms with Gasteiger partial charge in [-0.25, -0.2) is 0 Å². The lowest BCUT2D eigenvalue weighted by Crippen LogP contribution is -2.20. The molecule has 0 amide bonds. The summed E-state index contributed by atoms with van der Waals surface area (Å²) in [6, 6.07) is 13.7. The van der Waals surface area contributed by atoms with E-state index in [2.05, 4.69) is 21.2 Å². The maximum atomic E-state index is 5.91. The van der Waals surface area contributed by atoms with Crippen LogP contribution in [0.4, 0.5) is 5.69 Å². The van der Waals surface area contributed by atoms with E-state index in [4.69, 9.17) is 15.2 Å². The minimum absolute atomic E-state index is 0.0106. The molecule has 0 fully saturated rings. The van der Waals surface area contributed by atoms with Gasteiger partial charge in [-0.15, -0.1) is 0 Å². The van der Waals surface area contributed by atoms with Crippen LogP contribution >= 0.6 is 15.9 Å². The number of benzene rings is 2. The number of rotatable bonds is 6. The molecular formula is C16H19BrN2O2. The lowest BCUT2D eigenvalue weighted by molar-refractivity contribution is 0.411. The van der Waals surface area contributed by atoms with Gasteiger partial charge >= 0.3 is 0 Å². The SMILES string of the molecule is COc1ccc(C(CN)Nc2ccccc2OC)cc1Br. The van der Waals surface area contributed by atoms with Crippen LogP contribution in [0.2, 0.25) is 0 Å². The predicted octanol–water partition coefficient (Wildman–Crippen LogP) is 3.58. The molecule has 0 aliphatic heterocycles. The van der Waals surface area contributed by atoms with Gasteiger partial charge in [0.25, 0.3) is 0 Å². The topological polar surface area (TPSA) is 56.5 Å². The lowest BCUT2D eigenvalue weighted by Gasteiger charge is -2.21. The van der Waals surface area contributed by atoms with Crippen molar-refractivity contribution < 1.29 is 9.47 Å². The molecule has 0 saturated heterocycles. The summed E-state index contributed by atoms with van der Waals surface area (Å²) in [5, 5.41) is 3.42. The Morgan fingerprint density at radius 3 is 2.43 bits per heavy atom. The molecule has 2 rings (SSSR count). The molecule has 112 valence electrons. The highest BCUT2D eigenvalue weighted by molar-refractivity contribution is 9.10. The van der Waals surface area contributed by atoms with Crippen molar-refractivity contribution in [3.8, 4) is 11.5 Å². The van der Waals surface area contributed by atoms with Crippen molar-refractivity contribution in [3.63, 3.8) is 0 Å². The quantitative estimate of drug-likeness (QED) is 0.835. The Kier molecular flexibility index (Phi) is 5.47. The fourth-order valence-electron chi connectivity index (χ4n) is 2.13. The Bertz CT molecular complexity index is 605. The van der Waals surface area contributed by atoms with Crippen LogP contribution in [0, 0.1) is 0 Å². The zero-order valence-corrected chi connectivity index (χ0v) is 13.7. The van der Waals surface area contributed by atoms with Crippen molar-refractivity contribution in [2.24, 2.45) is 5.73 Å². The van der Waals surface area contributed by atoms with E-state index in [0.717, 1.165) is 27.2 Å². The van der Waals surface area contributed by atoms with Gasteiger partial charge in [0, 0.05) is 6.54 Å². The van der Waals surface area contributed by atoms with Crippen molar-refractivity contribution in [1.29, 1.82) is 0 Å². The molecule has 0 aromatic heterocycles. The molecule has 4 nitrogen and oxygen atoms in total. The van der Waals surface area contributed by atoms with E-state index in [-0.39, 0.29) is 6.04 Å². The van der Waals surface area contributed by atoms with Crippen molar-refractivity contribution in [2.45, 2.75) is 6.04 Å². The molecule has 2 aromatic carbocycles. The predicted molar refractivity (Wildman–Crippen MR) is 89.1 cm³/mol. The number of methoxy groups -OCH3 is 2. The van der Waals surface area contributed by atoms with E-state index in [1.54, 1.807) is 14.2 Å². The van der Waals surface area contributed by atoms with Crippen LogP contribution < -0.4 is 20.5 Å². The largest absolute Gasteiger partial charge is 0.496 e. The Balaban J connectivity index is 2.25. The zero-order chi connectivity index (χ0) is 15.2. The zero-order valence-electron chi connectivity index (χ0n) is 12.1. The summed E-state index contributed by atoms with van der Waals surface area (Å²) in [6.45, 7) is 0.469. The van der Waals surface area contributed by atoms with Crippen molar-refractivity contribution in [1.82, 2.24) is 0 Å². The second-order valence-electron chi connectivity index (χ2n) is 4.53. The summed E-state index contributed by atoms with van der Waals surface area (Å²) in [7, 11) is 3.30. The Morgan fingerprint density at radius 1 is 1.10 bits per heavy atom. The van der Waals surface area contributed by atoms with Gasteiger partial charge in [-0.2, -0.15) is 0 Å². The molecule has 21 heavy (non-hydrogen) atoms. The van der Waals surface area contributed by atoms with Gasteiger partial charge in [-0.05, 0) is 45.8 Å². The molecule has 0 radical (unpaired) electrons. The van der Waals surface area contributed by atoms with Gasteiger partial charge in [0.2, 0.25) is 0 Å². The number of para-hydroxylation sites is 2. The molecule has 0 heterocycles. The molecule has 5 heteroatoms. The Hall–Kier alpha value is -1.72. The Labute approximate surface area is 133 Å². The first kappa shape index (κ1) is 15.7. The number of hydrogen-bond donors (Lipinski definition) is 2. The van der Waals surface area contributed by atoms with Gasteiger partial charge in [0.1, 0.15) is 11.5 Å². The second-order valence-corrected chi connectivity index (χ2v) is 5.38. The summed E-state index contributed by atoms with van der Waals surface area (Å²) in [5.74, 6) is 1.59. The van der Waals surface area contributed by atoms with Crippen LogP contribution in [0.25, 0.3) is 0 Å². The molecule has 1 atom stereocenters. The average molecular weight is 351 g/mol. The third-order valence-electron chi connectivity index (χ3n) is 3.25. The average Bonchev–Trinajstić information content (AvgIpc) is 2.52. The van der Waals surface area contributed by atoms with E-state index in [1.807, 2.05) is 42.5 Å². The van der Waals surface area contributed by atoms with Crippen LogP contribution in [0.3, 0.4) is 0 Å². The van der Waals surface area contributed by atoms with Crippen molar-refractivity contribution >= 4 is 21.6 Å². The minimum Gasteiger partial charge on any atom is -0.496 e. The highest BCUT2D eigenvalue weighted by Crippen LogP contribution is 2.31. The smallest absolute Gasteiger partial charge is 0.141 e. The van der Waals surface area contributed by atoms with E-state index in [9.17, 15) is 0 Å². The summed E-state index contributed by atoms with van der Waals surface area (Å²) in [5.41, 5.74) is 7.91. The Morgan fingerprint density at radius 2 is 1.81 bits per heavy atom. The molecule has 0 spiro atoms. The summed E-state index contributed by atoms with van der Waals surface area (Å²) in [4.78, 5) is 0. The van der Waals surface area contributed by atoms with Crippen LogP contribution in [0.5, 0.6) is 11.5 Å². The molecule has 0 aliphatic carbocycles. The highest BCUT2D eigenvalue weighted by atomic mass is 79.9. The number of hydrogen-bond acceptors (Lipinski definition) is 4. The van der Waals surface area contributed by atoms with Gasteiger partial charge in [0.05, 0.1) is 30.4 Å². The summed E-state index contributed by atoms with van der Waals surface area (Å²) >= 11 is 3.50. The first-order valence-electron chi connectivity index (χ1n) is 6.62. The standard InChI is InChI=1S/C16H19BrN2O2/c1-20-15-8-7-11(9-12(15)17)14(10-18)19-13-5-3-4-6-16(13)21-2/h3-9,14,19H,10,18H2,1-2H3. The van der Waals surface area contributed by atoms with Crippen LogP contribution in [-0.4, -0.2) is 20.8 Å². The fourth-order valence-corrected chi connectivity index (χ4v) is 2.69. The van der Waals surface area contributed by atoms with Gasteiger partial charge in [0.15, 0.2) is 0 Å². The van der Waals surface area contributed by atoms with Gasteiger partial charge in [-0.3, -0.25) is 0 Å². The lowest BCUT2D eigenvalue weighted by atomic mass is 10.1. The van der Waals surface area contributed by atoms with Crippen molar-refractivity contribution in [2.75, 3.05) is 26.1 Å². The number of nitrogens with two attached hydrogens (primary N) is 1. The first-order chi connectivity index (χ1) is 10.2. The monoisotopic (exact) mass is 350 g/mol. The van der Waals surface area contributed by atoms with Crippen LogP contribution in [0.15, 0.2) is 46.9 Å². The molecule has 0 aliphatic rings. The fraction of sp³-hybridized carbons (Fsp3) is 0.250. The van der Waals surface area contributed by atoms with Gasteiger partial charge in [-0.1, -0.05) is 18.2 Å². The van der Waals surface area contributed by atoms with Crippen molar-refractivity contribution in [3.05, 3.63) is 52.5 Å². The van der Waals surface area contributed by atoms with E-state index in [0.29, 0.717) is 6.54 Å². The molecular weight excluding hydrogens is 332 g/mol.